The number of benzene rings is 1. The van der Waals surface area contributed by atoms with Crippen LogP contribution in [0, 0.1) is 0 Å². The molecular weight excluding hydrogens is 160 g/mol. The van der Waals surface area contributed by atoms with Crippen molar-refractivity contribution in [2.24, 2.45) is 0 Å². The highest BCUT2D eigenvalue weighted by Crippen LogP contribution is 2.24. The van der Waals surface area contributed by atoms with Crippen molar-refractivity contribution in [3.05, 3.63) is 35.4 Å². The molecule has 0 bridgehead atoms. The largest absolute Gasteiger partial charge is 0.494 e. The lowest BCUT2D eigenvalue weighted by Crippen LogP contribution is -1.95. The Morgan fingerprint density at radius 3 is 3.15 bits per heavy atom. The summed E-state index contributed by atoms with van der Waals surface area (Å²) in [4.78, 5) is 0. The van der Waals surface area contributed by atoms with E-state index in [9.17, 15) is 0 Å². The van der Waals surface area contributed by atoms with Crippen molar-refractivity contribution in [3.63, 3.8) is 0 Å². The van der Waals surface area contributed by atoms with Gasteiger partial charge in [0.2, 0.25) is 0 Å². The monoisotopic (exact) mass is 174 g/mol. The van der Waals surface area contributed by atoms with Crippen LogP contribution in [0.1, 0.15) is 24.5 Å². The molecule has 1 aliphatic rings. The van der Waals surface area contributed by atoms with Gasteiger partial charge in [-0.25, -0.2) is 0 Å². The van der Waals surface area contributed by atoms with Crippen molar-refractivity contribution in [1.29, 1.82) is 0 Å². The zero-order valence-electron chi connectivity index (χ0n) is 7.92. The Hall–Kier alpha value is -1.24. The topological polar surface area (TPSA) is 9.23 Å². The average molecular weight is 174 g/mol. The molecule has 0 fully saturated rings. The lowest BCUT2D eigenvalue weighted by Gasteiger charge is -2.06. The van der Waals surface area contributed by atoms with Crippen molar-refractivity contribution in [3.8, 4) is 5.75 Å². The van der Waals surface area contributed by atoms with Crippen molar-refractivity contribution in [1.82, 2.24) is 0 Å². The molecule has 0 heterocycles. The average Bonchev–Trinajstić information content (AvgIpc) is 2.61. The zero-order chi connectivity index (χ0) is 9.10. The molecule has 1 aromatic carbocycles. The zero-order valence-corrected chi connectivity index (χ0v) is 7.92. The Morgan fingerprint density at radius 1 is 1.38 bits per heavy atom. The minimum atomic E-state index is 0.812. The molecule has 2 rings (SSSR count). The predicted octanol–water partition coefficient (Wildman–Crippen LogP) is 3.04. The third-order valence-electron chi connectivity index (χ3n) is 2.22. The van der Waals surface area contributed by atoms with Crippen LogP contribution < -0.4 is 4.74 Å². The van der Waals surface area contributed by atoms with Crippen molar-refractivity contribution >= 4 is 6.08 Å². The molecule has 0 saturated carbocycles. The fourth-order valence-electron chi connectivity index (χ4n) is 1.54. The molecule has 0 radical (unpaired) electrons. The van der Waals surface area contributed by atoms with Crippen molar-refractivity contribution in [2.45, 2.75) is 19.8 Å². The van der Waals surface area contributed by atoms with Crippen molar-refractivity contribution < 1.29 is 4.74 Å². The first kappa shape index (κ1) is 8.36. The molecule has 0 N–H and O–H groups in total. The van der Waals surface area contributed by atoms with E-state index >= 15 is 0 Å². The molecule has 0 aromatic heterocycles. The van der Waals surface area contributed by atoms with E-state index < -0.39 is 0 Å². The molecule has 1 aromatic rings. The third kappa shape index (κ3) is 1.74. The van der Waals surface area contributed by atoms with Crippen LogP contribution in [-0.2, 0) is 6.42 Å². The lowest BCUT2D eigenvalue weighted by atomic mass is 10.1. The highest BCUT2D eigenvalue weighted by molar-refractivity contribution is 5.61. The van der Waals surface area contributed by atoms with Crippen LogP contribution in [0.4, 0.5) is 0 Å². The summed E-state index contributed by atoms with van der Waals surface area (Å²) in [7, 11) is 0. The Morgan fingerprint density at radius 2 is 2.31 bits per heavy atom. The summed E-state index contributed by atoms with van der Waals surface area (Å²) < 4.78 is 5.55. The number of allylic oxidation sites excluding steroid dienone is 1. The van der Waals surface area contributed by atoms with E-state index in [0.29, 0.717) is 0 Å². The second kappa shape index (κ2) is 3.65. The van der Waals surface area contributed by atoms with Crippen LogP contribution >= 0.6 is 0 Å². The van der Waals surface area contributed by atoms with Gasteiger partial charge in [-0.2, -0.15) is 0 Å². The van der Waals surface area contributed by atoms with Gasteiger partial charge in [0.15, 0.2) is 0 Å². The van der Waals surface area contributed by atoms with Crippen LogP contribution in [0.3, 0.4) is 0 Å². The standard InChI is InChI=1S/C12H14O/c1-2-8-13-12-7-6-10-4-3-5-11(10)9-12/h3-4,6-7,9H,2,5,8H2,1H3. The normalized spacial score (nSPS) is 13.0. The summed E-state index contributed by atoms with van der Waals surface area (Å²) in [6.45, 7) is 2.93. The summed E-state index contributed by atoms with van der Waals surface area (Å²) in [6.07, 6.45) is 6.47. The van der Waals surface area contributed by atoms with Gasteiger partial charge in [0, 0.05) is 0 Å². The minimum absolute atomic E-state index is 0.812. The number of rotatable bonds is 3. The molecule has 1 aliphatic carbocycles. The van der Waals surface area contributed by atoms with E-state index in [1.165, 1.54) is 11.1 Å². The van der Waals surface area contributed by atoms with Gasteiger partial charge in [-0.15, -0.1) is 0 Å². The van der Waals surface area contributed by atoms with Gasteiger partial charge in [0.05, 0.1) is 6.61 Å². The van der Waals surface area contributed by atoms with E-state index in [2.05, 4.69) is 31.2 Å². The van der Waals surface area contributed by atoms with Crippen LogP contribution in [-0.4, -0.2) is 6.61 Å². The summed E-state index contributed by atoms with van der Waals surface area (Å²) >= 11 is 0. The molecule has 13 heavy (non-hydrogen) atoms. The Balaban J connectivity index is 2.14. The second-order valence-corrected chi connectivity index (χ2v) is 3.32. The highest BCUT2D eigenvalue weighted by Gasteiger charge is 2.05. The van der Waals surface area contributed by atoms with Gasteiger partial charge in [0.25, 0.3) is 0 Å². The molecular formula is C12H14O. The fraction of sp³-hybridized carbons (Fsp3) is 0.333. The first-order valence-electron chi connectivity index (χ1n) is 4.82. The maximum Gasteiger partial charge on any atom is 0.119 e. The molecule has 0 amide bonds. The maximum absolute atomic E-state index is 5.55. The SMILES string of the molecule is CCCOc1ccc2c(c1)CC=C2. The summed E-state index contributed by atoms with van der Waals surface area (Å²) in [5, 5.41) is 0. The number of hydrogen-bond acceptors (Lipinski definition) is 1. The van der Waals surface area contributed by atoms with E-state index in [4.69, 9.17) is 4.74 Å². The predicted molar refractivity (Wildman–Crippen MR) is 55.0 cm³/mol. The van der Waals surface area contributed by atoms with E-state index in [1.54, 1.807) is 0 Å². The van der Waals surface area contributed by atoms with Gasteiger partial charge in [-0.3, -0.25) is 0 Å². The van der Waals surface area contributed by atoms with Crippen LogP contribution in [0.2, 0.25) is 0 Å². The Kier molecular flexibility index (Phi) is 2.35. The summed E-state index contributed by atoms with van der Waals surface area (Å²) in [5.41, 5.74) is 2.72. The Bertz CT molecular complexity index is 326. The minimum Gasteiger partial charge on any atom is -0.494 e. The Labute approximate surface area is 79.0 Å². The van der Waals surface area contributed by atoms with Gasteiger partial charge in [-0.1, -0.05) is 25.1 Å². The quantitative estimate of drug-likeness (QED) is 0.684. The van der Waals surface area contributed by atoms with E-state index in [1.807, 2.05) is 6.07 Å². The molecule has 0 spiro atoms. The fourth-order valence-corrected chi connectivity index (χ4v) is 1.54. The number of ether oxygens (including phenoxy) is 1. The first-order chi connectivity index (χ1) is 6.40. The van der Waals surface area contributed by atoms with Crippen LogP contribution in [0.25, 0.3) is 6.08 Å². The van der Waals surface area contributed by atoms with Gasteiger partial charge < -0.3 is 4.74 Å². The lowest BCUT2D eigenvalue weighted by molar-refractivity contribution is 0.317. The highest BCUT2D eigenvalue weighted by atomic mass is 16.5. The molecule has 1 heteroatoms. The first-order valence-corrected chi connectivity index (χ1v) is 4.82. The van der Waals surface area contributed by atoms with Crippen molar-refractivity contribution in [2.75, 3.05) is 6.61 Å². The van der Waals surface area contributed by atoms with Gasteiger partial charge in [-0.05, 0) is 36.1 Å². The maximum atomic E-state index is 5.55. The number of fused-ring (bicyclic) bond motifs is 1. The van der Waals surface area contributed by atoms with Gasteiger partial charge >= 0.3 is 0 Å². The molecule has 0 unspecified atom stereocenters. The second-order valence-electron chi connectivity index (χ2n) is 3.32. The van der Waals surface area contributed by atoms with E-state index in [-0.39, 0.29) is 0 Å². The molecule has 68 valence electrons. The molecule has 1 nitrogen and oxygen atoms in total. The molecule has 0 aliphatic heterocycles. The van der Waals surface area contributed by atoms with Gasteiger partial charge in [0.1, 0.15) is 5.75 Å². The third-order valence-corrected chi connectivity index (χ3v) is 2.22. The molecule has 0 saturated heterocycles. The van der Waals surface area contributed by atoms with Crippen LogP contribution in [0.5, 0.6) is 5.75 Å². The molecule has 0 atom stereocenters. The number of hydrogen-bond donors (Lipinski definition) is 0. The smallest absolute Gasteiger partial charge is 0.119 e. The van der Waals surface area contributed by atoms with E-state index in [0.717, 1.165) is 25.2 Å². The summed E-state index contributed by atoms with van der Waals surface area (Å²) in [6, 6.07) is 6.32. The van der Waals surface area contributed by atoms with Crippen LogP contribution in [0.15, 0.2) is 24.3 Å². The summed E-state index contributed by atoms with van der Waals surface area (Å²) in [5.74, 6) is 1.00.